The summed E-state index contributed by atoms with van der Waals surface area (Å²) >= 11 is 2.85. The minimum Gasteiger partial charge on any atom is -0.343 e. The summed E-state index contributed by atoms with van der Waals surface area (Å²) in [5, 5.41) is 17.2. The molecule has 0 aromatic heterocycles. The quantitative estimate of drug-likeness (QED) is 0.482. The minimum absolute atomic E-state index is 0.00778. The molecule has 2 N–H and O–H groups in total. The average Bonchev–Trinajstić information content (AvgIpc) is 1.67. The second kappa shape index (κ2) is 3.40. The highest BCUT2D eigenvalue weighted by molar-refractivity contribution is 9.09. The first-order valence-corrected chi connectivity index (χ1v) is 3.39. The maximum Gasteiger partial charge on any atom is 0.288 e. The van der Waals surface area contributed by atoms with Gasteiger partial charge in [-0.3, -0.25) is 0 Å². The Morgan fingerprint density at radius 3 is 2.25 bits per heavy atom. The lowest BCUT2D eigenvalue weighted by Crippen LogP contribution is -2.33. The second-order valence-electron chi connectivity index (χ2n) is 1.31. The van der Waals surface area contributed by atoms with Gasteiger partial charge in [-0.1, -0.05) is 15.9 Å². The van der Waals surface area contributed by atoms with E-state index in [0.29, 0.717) is 6.61 Å². The number of halogens is 1. The number of aliphatic hydroxyl groups is 2. The van der Waals surface area contributed by atoms with Crippen LogP contribution < -0.4 is 0 Å². The van der Waals surface area contributed by atoms with Crippen LogP contribution in [0.25, 0.3) is 0 Å². The maximum absolute atomic E-state index is 8.61. The van der Waals surface area contributed by atoms with Gasteiger partial charge in [0.25, 0.3) is 5.97 Å². The van der Waals surface area contributed by atoms with Crippen LogP contribution in [0.1, 0.15) is 6.92 Å². The number of alkyl halides is 1. The summed E-state index contributed by atoms with van der Waals surface area (Å²) in [7, 11) is 0. The van der Waals surface area contributed by atoms with Crippen molar-refractivity contribution in [1.29, 1.82) is 0 Å². The Hall–Kier alpha value is 0.360. The van der Waals surface area contributed by atoms with Crippen molar-refractivity contribution in [2.45, 2.75) is 12.9 Å². The molecule has 0 unspecified atom stereocenters. The van der Waals surface area contributed by atoms with Gasteiger partial charge in [-0.15, -0.1) is 0 Å². The summed E-state index contributed by atoms with van der Waals surface area (Å²) in [4.78, 5) is 0. The van der Waals surface area contributed by atoms with Crippen LogP contribution in [0, 0.1) is 0 Å². The molecule has 0 aliphatic rings. The lowest BCUT2D eigenvalue weighted by Gasteiger charge is -2.16. The van der Waals surface area contributed by atoms with Crippen molar-refractivity contribution in [3.8, 4) is 0 Å². The van der Waals surface area contributed by atoms with Gasteiger partial charge in [-0.25, -0.2) is 0 Å². The highest BCUT2D eigenvalue weighted by Crippen LogP contribution is 2.04. The van der Waals surface area contributed by atoms with Gasteiger partial charge in [0.15, 0.2) is 0 Å². The molecule has 0 bridgehead atoms. The first-order chi connectivity index (χ1) is 3.62. The van der Waals surface area contributed by atoms with Gasteiger partial charge in [-0.2, -0.15) is 0 Å². The summed E-state index contributed by atoms with van der Waals surface area (Å²) < 4.78 is 4.44. The molecule has 4 heteroatoms. The van der Waals surface area contributed by atoms with Crippen LogP contribution in [0.15, 0.2) is 0 Å². The van der Waals surface area contributed by atoms with Gasteiger partial charge in [0, 0.05) is 6.61 Å². The van der Waals surface area contributed by atoms with Gasteiger partial charge < -0.3 is 14.9 Å². The number of hydrogen-bond acceptors (Lipinski definition) is 3. The molecule has 3 nitrogen and oxygen atoms in total. The Bertz CT molecular complexity index is 64.3. The van der Waals surface area contributed by atoms with Gasteiger partial charge in [0.1, 0.15) is 0 Å². The van der Waals surface area contributed by atoms with E-state index < -0.39 is 5.97 Å². The Kier molecular flexibility index (Phi) is 3.55. The van der Waals surface area contributed by atoms with E-state index in [2.05, 4.69) is 20.7 Å². The summed E-state index contributed by atoms with van der Waals surface area (Å²) in [6.07, 6.45) is 0. The maximum atomic E-state index is 8.61. The normalized spacial score (nSPS) is 12.0. The fourth-order valence-corrected chi connectivity index (χ4v) is 0.432. The Balaban J connectivity index is 3.37. The van der Waals surface area contributed by atoms with Crippen LogP contribution in [-0.2, 0) is 4.74 Å². The first-order valence-electron chi connectivity index (χ1n) is 2.27. The van der Waals surface area contributed by atoms with Crippen molar-refractivity contribution in [1.82, 2.24) is 0 Å². The van der Waals surface area contributed by atoms with Crippen LogP contribution in [0.4, 0.5) is 0 Å². The molecule has 0 aromatic rings. The van der Waals surface area contributed by atoms with Gasteiger partial charge in [0.05, 0.1) is 5.33 Å². The predicted molar refractivity (Wildman–Crippen MR) is 32.6 cm³/mol. The summed E-state index contributed by atoms with van der Waals surface area (Å²) in [5.74, 6) is -1.99. The third kappa shape index (κ3) is 3.37. The number of ether oxygens (including phenoxy) is 1. The SMILES string of the molecule is CCOC(O)(O)CBr. The molecule has 0 heterocycles. The molecule has 0 atom stereocenters. The largest absolute Gasteiger partial charge is 0.343 e. The minimum atomic E-state index is -1.99. The van der Waals surface area contributed by atoms with E-state index in [-0.39, 0.29) is 5.33 Å². The molecule has 50 valence electrons. The van der Waals surface area contributed by atoms with Gasteiger partial charge >= 0.3 is 0 Å². The number of hydrogen-bond donors (Lipinski definition) is 2. The molecular formula is C4H9BrO3. The van der Waals surface area contributed by atoms with Crippen LogP contribution >= 0.6 is 15.9 Å². The van der Waals surface area contributed by atoms with Crippen molar-refractivity contribution in [3.63, 3.8) is 0 Å². The third-order valence-electron chi connectivity index (χ3n) is 0.550. The molecule has 0 radical (unpaired) electrons. The Morgan fingerprint density at radius 2 is 2.12 bits per heavy atom. The highest BCUT2D eigenvalue weighted by Gasteiger charge is 2.20. The van der Waals surface area contributed by atoms with Crippen molar-refractivity contribution in [2.24, 2.45) is 0 Å². The molecule has 0 saturated carbocycles. The lowest BCUT2D eigenvalue weighted by molar-refractivity contribution is -0.318. The van der Waals surface area contributed by atoms with E-state index in [1.807, 2.05) is 0 Å². The Morgan fingerprint density at radius 1 is 1.62 bits per heavy atom. The summed E-state index contributed by atoms with van der Waals surface area (Å²) in [6, 6.07) is 0. The lowest BCUT2D eigenvalue weighted by atomic mass is 10.6. The summed E-state index contributed by atoms with van der Waals surface area (Å²) in [5.41, 5.74) is 0. The Labute approximate surface area is 56.4 Å². The van der Waals surface area contributed by atoms with E-state index in [1.165, 1.54) is 0 Å². The molecule has 0 spiro atoms. The molecule has 0 aliphatic heterocycles. The summed E-state index contributed by atoms with van der Waals surface area (Å²) in [6.45, 7) is 1.97. The van der Waals surface area contributed by atoms with E-state index in [0.717, 1.165) is 0 Å². The molecule has 0 amide bonds. The molecule has 0 rings (SSSR count). The van der Waals surface area contributed by atoms with Crippen molar-refractivity contribution in [3.05, 3.63) is 0 Å². The topological polar surface area (TPSA) is 49.7 Å². The molecule has 0 aromatic carbocycles. The van der Waals surface area contributed by atoms with Crippen LogP contribution in [0.3, 0.4) is 0 Å². The molecule has 8 heavy (non-hydrogen) atoms. The van der Waals surface area contributed by atoms with Crippen LogP contribution in [0.5, 0.6) is 0 Å². The molecule has 0 saturated heterocycles. The van der Waals surface area contributed by atoms with Gasteiger partial charge in [0.2, 0.25) is 0 Å². The van der Waals surface area contributed by atoms with E-state index in [9.17, 15) is 0 Å². The van der Waals surface area contributed by atoms with E-state index in [4.69, 9.17) is 10.2 Å². The zero-order valence-corrected chi connectivity index (χ0v) is 6.18. The zero-order valence-electron chi connectivity index (χ0n) is 4.59. The first kappa shape index (κ1) is 8.36. The van der Waals surface area contributed by atoms with Crippen molar-refractivity contribution in [2.75, 3.05) is 11.9 Å². The van der Waals surface area contributed by atoms with E-state index >= 15 is 0 Å². The zero-order chi connectivity index (χ0) is 6.62. The fourth-order valence-electron chi connectivity index (χ4n) is 0.270. The fraction of sp³-hybridized carbons (Fsp3) is 1.00. The average molecular weight is 185 g/mol. The third-order valence-corrected chi connectivity index (χ3v) is 1.28. The van der Waals surface area contributed by atoms with Crippen LogP contribution in [0.2, 0.25) is 0 Å². The molecule has 0 aliphatic carbocycles. The standard InChI is InChI=1S/C4H9BrO3/c1-2-8-4(6,7)3-5/h6-7H,2-3H2,1H3. The molecular weight excluding hydrogens is 176 g/mol. The predicted octanol–water partition coefficient (Wildman–Crippen LogP) is 0.0562. The van der Waals surface area contributed by atoms with Crippen molar-refractivity contribution < 1.29 is 14.9 Å². The molecule has 0 fully saturated rings. The second-order valence-corrected chi connectivity index (χ2v) is 1.87. The highest BCUT2D eigenvalue weighted by atomic mass is 79.9. The monoisotopic (exact) mass is 184 g/mol. The van der Waals surface area contributed by atoms with Gasteiger partial charge in [-0.05, 0) is 6.92 Å². The van der Waals surface area contributed by atoms with Crippen molar-refractivity contribution >= 4 is 15.9 Å². The van der Waals surface area contributed by atoms with Crippen LogP contribution in [-0.4, -0.2) is 28.1 Å². The van der Waals surface area contributed by atoms with E-state index in [1.54, 1.807) is 6.92 Å². The number of rotatable bonds is 3. The smallest absolute Gasteiger partial charge is 0.288 e.